The summed E-state index contributed by atoms with van der Waals surface area (Å²) in [6, 6.07) is 5.22. The Balaban J connectivity index is 2.57. The maximum absolute atomic E-state index is 11.9. The van der Waals surface area contributed by atoms with E-state index < -0.39 is 5.97 Å². The Morgan fingerprint density at radius 1 is 1.44 bits per heavy atom. The third-order valence-electron chi connectivity index (χ3n) is 2.87. The van der Waals surface area contributed by atoms with Crippen molar-refractivity contribution < 1.29 is 9.90 Å². The summed E-state index contributed by atoms with van der Waals surface area (Å²) in [7, 11) is 0. The Morgan fingerprint density at radius 2 is 2.17 bits per heavy atom. The van der Waals surface area contributed by atoms with Crippen molar-refractivity contribution in [2.75, 3.05) is 0 Å². The monoisotopic (exact) mass is 263 g/mol. The van der Waals surface area contributed by atoms with E-state index in [9.17, 15) is 14.7 Å². The summed E-state index contributed by atoms with van der Waals surface area (Å²) >= 11 is 1.55. The molecule has 18 heavy (non-hydrogen) atoms. The van der Waals surface area contributed by atoms with Crippen molar-refractivity contribution in [3.63, 3.8) is 0 Å². The molecule has 2 heterocycles. The molecule has 4 nitrogen and oxygen atoms in total. The summed E-state index contributed by atoms with van der Waals surface area (Å²) in [5.41, 5.74) is 1.06. The fourth-order valence-corrected chi connectivity index (χ4v) is 2.69. The van der Waals surface area contributed by atoms with Crippen LogP contribution in [0, 0.1) is 13.8 Å². The fourth-order valence-electron chi connectivity index (χ4n) is 2.00. The van der Waals surface area contributed by atoms with Crippen LogP contribution in [-0.2, 0) is 6.54 Å². The molecule has 0 bridgehead atoms. The normalized spacial score (nSPS) is 10.6. The van der Waals surface area contributed by atoms with E-state index >= 15 is 0 Å². The summed E-state index contributed by atoms with van der Waals surface area (Å²) in [6.45, 7) is 3.74. The van der Waals surface area contributed by atoms with Gasteiger partial charge in [-0.2, -0.15) is 0 Å². The molecule has 0 aromatic carbocycles. The lowest BCUT2D eigenvalue weighted by Gasteiger charge is -2.13. The number of carboxylic acids is 1. The first-order valence-corrected chi connectivity index (χ1v) is 6.35. The van der Waals surface area contributed by atoms with Crippen LogP contribution in [0.4, 0.5) is 0 Å². The number of hydrogen-bond donors (Lipinski definition) is 1. The van der Waals surface area contributed by atoms with Crippen LogP contribution in [0.15, 0.2) is 28.4 Å². The molecule has 5 heteroatoms. The molecule has 2 aromatic rings. The highest BCUT2D eigenvalue weighted by atomic mass is 32.1. The minimum atomic E-state index is -0.995. The minimum absolute atomic E-state index is 0.164. The maximum atomic E-state index is 11.9. The van der Waals surface area contributed by atoms with E-state index in [2.05, 4.69) is 0 Å². The van der Waals surface area contributed by atoms with Gasteiger partial charge in [-0.05, 0) is 30.9 Å². The Hall–Kier alpha value is -1.88. The first-order chi connectivity index (χ1) is 8.50. The molecule has 0 unspecified atom stereocenters. The largest absolute Gasteiger partial charge is 0.478 e. The molecule has 0 radical (unpaired) electrons. The fraction of sp³-hybridized carbons (Fsp3) is 0.231. The van der Waals surface area contributed by atoms with E-state index in [4.69, 9.17) is 0 Å². The molecular formula is C13H13NO3S. The Morgan fingerprint density at radius 3 is 2.72 bits per heavy atom. The van der Waals surface area contributed by atoms with Crippen molar-refractivity contribution in [2.45, 2.75) is 20.4 Å². The van der Waals surface area contributed by atoms with E-state index in [1.165, 1.54) is 10.6 Å². The van der Waals surface area contributed by atoms with Crippen LogP contribution in [0.5, 0.6) is 0 Å². The van der Waals surface area contributed by atoms with Gasteiger partial charge in [0, 0.05) is 16.6 Å². The average Bonchev–Trinajstić information content (AvgIpc) is 2.75. The zero-order valence-electron chi connectivity index (χ0n) is 10.1. The van der Waals surface area contributed by atoms with Crippen LogP contribution in [0.1, 0.15) is 26.5 Å². The van der Waals surface area contributed by atoms with E-state index in [-0.39, 0.29) is 11.1 Å². The topological polar surface area (TPSA) is 59.3 Å². The van der Waals surface area contributed by atoms with Crippen molar-refractivity contribution >= 4 is 17.3 Å². The van der Waals surface area contributed by atoms with Crippen molar-refractivity contribution in [3.8, 4) is 0 Å². The highest BCUT2D eigenvalue weighted by molar-refractivity contribution is 7.09. The van der Waals surface area contributed by atoms with Gasteiger partial charge in [-0.1, -0.05) is 6.07 Å². The summed E-state index contributed by atoms with van der Waals surface area (Å²) in [6.07, 6.45) is 0. The Kier molecular flexibility index (Phi) is 3.34. The van der Waals surface area contributed by atoms with Crippen molar-refractivity contribution in [1.29, 1.82) is 0 Å². The third kappa shape index (κ3) is 2.22. The van der Waals surface area contributed by atoms with Gasteiger partial charge in [0.15, 0.2) is 0 Å². The molecule has 0 saturated heterocycles. The van der Waals surface area contributed by atoms with Gasteiger partial charge in [0.2, 0.25) is 0 Å². The molecule has 0 saturated carbocycles. The third-order valence-corrected chi connectivity index (χ3v) is 3.74. The highest BCUT2D eigenvalue weighted by Crippen LogP contribution is 2.15. The lowest BCUT2D eigenvalue weighted by atomic mass is 10.1. The van der Waals surface area contributed by atoms with Gasteiger partial charge < -0.3 is 9.67 Å². The van der Waals surface area contributed by atoms with Gasteiger partial charge in [0.25, 0.3) is 5.56 Å². The van der Waals surface area contributed by atoms with E-state index in [1.807, 2.05) is 17.5 Å². The second-order valence-electron chi connectivity index (χ2n) is 4.10. The zero-order valence-corrected chi connectivity index (χ0v) is 11.0. The minimum Gasteiger partial charge on any atom is -0.478 e. The molecule has 2 rings (SSSR count). The highest BCUT2D eigenvalue weighted by Gasteiger charge is 2.15. The first kappa shape index (κ1) is 12.6. The number of hydrogen-bond acceptors (Lipinski definition) is 3. The Bertz CT molecular complexity index is 641. The molecule has 0 aliphatic carbocycles. The number of rotatable bonds is 3. The maximum Gasteiger partial charge on any atom is 0.337 e. The van der Waals surface area contributed by atoms with Crippen LogP contribution < -0.4 is 5.56 Å². The van der Waals surface area contributed by atoms with Gasteiger partial charge >= 0.3 is 5.97 Å². The average molecular weight is 263 g/mol. The number of aromatic carboxylic acids is 1. The summed E-state index contributed by atoms with van der Waals surface area (Å²) in [5.74, 6) is -0.995. The van der Waals surface area contributed by atoms with Crippen LogP contribution >= 0.6 is 11.3 Å². The molecule has 0 amide bonds. The zero-order chi connectivity index (χ0) is 13.3. The molecule has 1 N–H and O–H groups in total. The number of carbonyl (C=O) groups is 1. The predicted molar refractivity (Wildman–Crippen MR) is 70.6 cm³/mol. The standard InChI is InChI=1S/C13H13NO3S/c1-8-6-11(15)14(7-10-4-3-5-18-10)9(2)12(8)13(16)17/h3-6H,7H2,1-2H3,(H,16,17). The predicted octanol–water partition coefficient (Wildman–Crippen LogP) is 2.27. The molecule has 0 aliphatic heterocycles. The number of carboxylic acid groups (broad SMARTS) is 1. The van der Waals surface area contributed by atoms with E-state index in [0.717, 1.165) is 4.88 Å². The second kappa shape index (κ2) is 4.78. The van der Waals surface area contributed by atoms with Crippen molar-refractivity contribution in [1.82, 2.24) is 4.57 Å². The molecule has 0 aliphatic rings. The number of thiophene rings is 1. The number of nitrogens with zero attached hydrogens (tertiary/aromatic N) is 1. The van der Waals surface area contributed by atoms with Crippen LogP contribution in [0.3, 0.4) is 0 Å². The quantitative estimate of drug-likeness (QED) is 0.924. The van der Waals surface area contributed by atoms with Crippen molar-refractivity contribution in [3.05, 3.63) is 55.6 Å². The van der Waals surface area contributed by atoms with E-state index in [0.29, 0.717) is 17.8 Å². The smallest absolute Gasteiger partial charge is 0.337 e. The van der Waals surface area contributed by atoms with Crippen LogP contribution in [-0.4, -0.2) is 15.6 Å². The lowest BCUT2D eigenvalue weighted by molar-refractivity contribution is 0.0694. The van der Waals surface area contributed by atoms with Crippen molar-refractivity contribution in [2.24, 2.45) is 0 Å². The summed E-state index contributed by atoms with van der Waals surface area (Å²) in [4.78, 5) is 24.2. The number of pyridine rings is 1. The number of aryl methyl sites for hydroxylation is 1. The van der Waals surface area contributed by atoms with Gasteiger partial charge in [-0.25, -0.2) is 4.79 Å². The van der Waals surface area contributed by atoms with Gasteiger partial charge in [0.1, 0.15) is 0 Å². The molecule has 0 spiro atoms. The van der Waals surface area contributed by atoms with Gasteiger partial charge in [-0.3, -0.25) is 4.79 Å². The molecule has 2 aromatic heterocycles. The SMILES string of the molecule is Cc1cc(=O)n(Cc2cccs2)c(C)c1C(=O)O. The van der Waals surface area contributed by atoms with E-state index in [1.54, 1.807) is 25.2 Å². The molecule has 0 fully saturated rings. The molecule has 0 atom stereocenters. The molecule has 94 valence electrons. The second-order valence-corrected chi connectivity index (χ2v) is 5.13. The van der Waals surface area contributed by atoms with Crippen LogP contribution in [0.25, 0.3) is 0 Å². The summed E-state index contributed by atoms with van der Waals surface area (Å²) < 4.78 is 1.50. The van der Waals surface area contributed by atoms with Gasteiger partial charge in [-0.15, -0.1) is 11.3 Å². The van der Waals surface area contributed by atoms with Gasteiger partial charge in [0.05, 0.1) is 12.1 Å². The lowest BCUT2D eigenvalue weighted by Crippen LogP contribution is -2.25. The summed E-state index contributed by atoms with van der Waals surface area (Å²) in [5, 5.41) is 11.1. The Labute approximate surface area is 108 Å². The molecular weight excluding hydrogens is 250 g/mol. The van der Waals surface area contributed by atoms with Crippen LogP contribution in [0.2, 0.25) is 0 Å². The first-order valence-electron chi connectivity index (χ1n) is 5.47. The number of aromatic nitrogens is 1.